The fourth-order valence-electron chi connectivity index (χ4n) is 3.78. The highest BCUT2D eigenvalue weighted by Gasteiger charge is 2.23. The predicted octanol–water partition coefficient (Wildman–Crippen LogP) is 2.45. The summed E-state index contributed by atoms with van der Waals surface area (Å²) in [4.78, 5) is 26.2. The van der Waals surface area contributed by atoms with Crippen LogP contribution < -0.4 is 9.80 Å². The van der Waals surface area contributed by atoms with Crippen molar-refractivity contribution in [1.29, 1.82) is 0 Å². The Labute approximate surface area is 171 Å². The van der Waals surface area contributed by atoms with Gasteiger partial charge in [0, 0.05) is 74.8 Å². The van der Waals surface area contributed by atoms with Gasteiger partial charge >= 0.3 is 0 Å². The smallest absolute Gasteiger partial charge is 0.254 e. The Kier molecular flexibility index (Phi) is 5.69. The number of carbonyl (C=O) groups is 1. The molecule has 0 saturated carbocycles. The van der Waals surface area contributed by atoms with E-state index < -0.39 is 0 Å². The number of anilines is 2. The molecule has 2 aliphatic heterocycles. The number of aromatic nitrogens is 1. The average molecular weight is 400 g/mol. The van der Waals surface area contributed by atoms with Crippen molar-refractivity contribution in [3.05, 3.63) is 53.2 Å². The first-order valence-electron chi connectivity index (χ1n) is 9.79. The van der Waals surface area contributed by atoms with Gasteiger partial charge in [-0.25, -0.2) is 4.98 Å². The van der Waals surface area contributed by atoms with Crippen LogP contribution in [0.5, 0.6) is 0 Å². The van der Waals surface area contributed by atoms with Crippen molar-refractivity contribution in [2.45, 2.75) is 0 Å². The maximum Gasteiger partial charge on any atom is 0.254 e. The lowest BCUT2D eigenvalue weighted by Crippen LogP contribution is -2.47. The van der Waals surface area contributed by atoms with Gasteiger partial charge in [-0.05, 0) is 37.4 Å². The number of halogens is 1. The molecule has 3 heterocycles. The van der Waals surface area contributed by atoms with Crippen LogP contribution in [0.3, 0.4) is 0 Å². The van der Waals surface area contributed by atoms with Gasteiger partial charge in [0.25, 0.3) is 5.91 Å². The summed E-state index contributed by atoms with van der Waals surface area (Å²) < 4.78 is 0. The molecule has 1 amide bonds. The van der Waals surface area contributed by atoms with Crippen molar-refractivity contribution in [2.24, 2.45) is 0 Å². The van der Waals surface area contributed by atoms with Crippen molar-refractivity contribution in [1.82, 2.24) is 14.8 Å². The molecule has 0 bridgehead atoms. The van der Waals surface area contributed by atoms with Crippen LogP contribution in [0.15, 0.2) is 42.6 Å². The first-order chi connectivity index (χ1) is 13.6. The maximum absolute atomic E-state index is 12.9. The zero-order valence-electron chi connectivity index (χ0n) is 16.2. The minimum Gasteiger partial charge on any atom is -0.368 e. The Bertz CT molecular complexity index is 829. The van der Waals surface area contributed by atoms with E-state index in [1.54, 1.807) is 6.20 Å². The Hall–Kier alpha value is -2.31. The molecule has 0 atom stereocenters. The van der Waals surface area contributed by atoms with Gasteiger partial charge in [0.05, 0.1) is 0 Å². The molecular weight excluding hydrogens is 374 g/mol. The number of amides is 1. The molecule has 2 aromatic rings. The third-order valence-electron chi connectivity index (χ3n) is 5.56. The van der Waals surface area contributed by atoms with Gasteiger partial charge in [-0.3, -0.25) is 4.79 Å². The van der Waals surface area contributed by atoms with Gasteiger partial charge in [-0.15, -0.1) is 0 Å². The summed E-state index contributed by atoms with van der Waals surface area (Å²) in [6.07, 6.45) is 1.75. The number of hydrogen-bond donors (Lipinski definition) is 0. The maximum atomic E-state index is 12.9. The topological polar surface area (TPSA) is 42.9 Å². The van der Waals surface area contributed by atoms with Crippen LogP contribution >= 0.6 is 11.6 Å². The highest BCUT2D eigenvalue weighted by Crippen LogP contribution is 2.23. The lowest BCUT2D eigenvalue weighted by atomic mass is 10.2. The zero-order chi connectivity index (χ0) is 19.5. The Morgan fingerprint density at radius 2 is 1.64 bits per heavy atom. The van der Waals surface area contributed by atoms with Crippen LogP contribution in [-0.4, -0.2) is 80.1 Å². The highest BCUT2D eigenvalue weighted by atomic mass is 35.5. The molecule has 148 valence electrons. The van der Waals surface area contributed by atoms with Crippen molar-refractivity contribution in [2.75, 3.05) is 69.2 Å². The van der Waals surface area contributed by atoms with Crippen LogP contribution in [0.4, 0.5) is 11.5 Å². The van der Waals surface area contributed by atoms with E-state index in [4.69, 9.17) is 11.6 Å². The average Bonchev–Trinajstić information content (AvgIpc) is 2.74. The fourth-order valence-corrected chi connectivity index (χ4v) is 3.97. The van der Waals surface area contributed by atoms with E-state index in [1.165, 1.54) is 0 Å². The van der Waals surface area contributed by atoms with Crippen molar-refractivity contribution < 1.29 is 4.79 Å². The summed E-state index contributed by atoms with van der Waals surface area (Å²) >= 11 is 6.12. The molecule has 0 radical (unpaired) electrons. The van der Waals surface area contributed by atoms with E-state index in [-0.39, 0.29) is 5.91 Å². The van der Waals surface area contributed by atoms with Crippen LogP contribution in [0.2, 0.25) is 5.02 Å². The highest BCUT2D eigenvalue weighted by molar-refractivity contribution is 6.30. The number of hydrogen-bond acceptors (Lipinski definition) is 5. The lowest BCUT2D eigenvalue weighted by Gasteiger charge is -2.37. The molecule has 2 aliphatic rings. The molecule has 4 rings (SSSR count). The van der Waals surface area contributed by atoms with Crippen molar-refractivity contribution in [3.63, 3.8) is 0 Å². The van der Waals surface area contributed by atoms with Crippen molar-refractivity contribution >= 4 is 29.0 Å². The second-order valence-electron chi connectivity index (χ2n) is 7.45. The van der Waals surface area contributed by atoms with Crippen LogP contribution in [-0.2, 0) is 0 Å². The van der Waals surface area contributed by atoms with Gasteiger partial charge in [-0.1, -0.05) is 17.7 Å². The van der Waals surface area contributed by atoms with E-state index in [1.807, 2.05) is 35.2 Å². The summed E-state index contributed by atoms with van der Waals surface area (Å²) in [5, 5.41) is 0.761. The standard InChI is InChI=1S/C21H26ClN5O/c1-24-7-9-27(10-8-24)21(28)17-5-6-23-20(15-17)26-13-11-25(12-14-26)19-4-2-3-18(22)16-19/h2-6,15-16H,7-14H2,1H3. The zero-order valence-corrected chi connectivity index (χ0v) is 17.0. The summed E-state index contributed by atoms with van der Waals surface area (Å²) in [5.74, 6) is 0.986. The summed E-state index contributed by atoms with van der Waals surface area (Å²) in [5.41, 5.74) is 1.88. The van der Waals surface area contributed by atoms with Gasteiger partial charge in [-0.2, -0.15) is 0 Å². The second-order valence-corrected chi connectivity index (χ2v) is 7.89. The monoisotopic (exact) mass is 399 g/mol. The third kappa shape index (κ3) is 4.23. The molecule has 2 fully saturated rings. The van der Waals surface area contributed by atoms with Crippen molar-refractivity contribution in [3.8, 4) is 0 Å². The van der Waals surface area contributed by atoms with Crippen LogP contribution in [0, 0.1) is 0 Å². The molecule has 1 aromatic heterocycles. The minimum absolute atomic E-state index is 0.106. The number of carbonyl (C=O) groups excluding carboxylic acids is 1. The molecule has 0 N–H and O–H groups in total. The largest absolute Gasteiger partial charge is 0.368 e. The molecule has 28 heavy (non-hydrogen) atoms. The first-order valence-corrected chi connectivity index (χ1v) is 10.2. The van der Waals surface area contributed by atoms with E-state index >= 15 is 0 Å². The van der Waals surface area contributed by atoms with E-state index in [9.17, 15) is 4.79 Å². The second kappa shape index (κ2) is 8.37. The van der Waals surface area contributed by atoms with Crippen LogP contribution in [0.1, 0.15) is 10.4 Å². The molecule has 1 aromatic carbocycles. The van der Waals surface area contributed by atoms with Gasteiger partial charge in [0.15, 0.2) is 0 Å². The van der Waals surface area contributed by atoms with E-state index in [0.29, 0.717) is 0 Å². The lowest BCUT2D eigenvalue weighted by molar-refractivity contribution is 0.0664. The Morgan fingerprint density at radius 3 is 2.36 bits per heavy atom. The van der Waals surface area contributed by atoms with E-state index in [2.05, 4.69) is 32.8 Å². The predicted molar refractivity (Wildman–Crippen MR) is 114 cm³/mol. The molecule has 0 spiro atoms. The van der Waals surface area contributed by atoms with Gasteiger partial charge in [0.2, 0.25) is 0 Å². The molecule has 0 aliphatic carbocycles. The van der Waals surface area contributed by atoms with Crippen LogP contribution in [0.25, 0.3) is 0 Å². The fraction of sp³-hybridized carbons (Fsp3) is 0.429. The first kappa shape index (κ1) is 19.0. The number of rotatable bonds is 3. The number of nitrogens with zero attached hydrogens (tertiary/aromatic N) is 5. The molecule has 6 nitrogen and oxygen atoms in total. The van der Waals surface area contributed by atoms with E-state index in [0.717, 1.165) is 74.4 Å². The molecule has 7 heteroatoms. The number of benzene rings is 1. The summed E-state index contributed by atoms with van der Waals surface area (Å²) in [6, 6.07) is 11.7. The summed E-state index contributed by atoms with van der Waals surface area (Å²) in [7, 11) is 2.09. The molecular formula is C21H26ClN5O. The molecule has 2 saturated heterocycles. The van der Waals surface area contributed by atoms with Gasteiger partial charge in [0.1, 0.15) is 5.82 Å². The summed E-state index contributed by atoms with van der Waals surface area (Å²) in [6.45, 7) is 6.95. The SMILES string of the molecule is CN1CCN(C(=O)c2ccnc(N3CCN(c4cccc(Cl)c4)CC3)c2)CC1. The number of likely N-dealkylation sites (N-methyl/N-ethyl adjacent to an activating group) is 1. The number of pyridine rings is 1. The van der Waals surface area contributed by atoms with Gasteiger partial charge < -0.3 is 19.6 Å². The Morgan fingerprint density at radius 1 is 0.929 bits per heavy atom. The molecule has 0 unspecified atom stereocenters. The normalized spacial score (nSPS) is 18.4. The number of piperazine rings is 2. The quantitative estimate of drug-likeness (QED) is 0.793. The third-order valence-corrected chi connectivity index (χ3v) is 5.80. The minimum atomic E-state index is 0.106. The Balaban J connectivity index is 1.40.